The Hall–Kier alpha value is -3.03. The average Bonchev–Trinajstić information content (AvgIpc) is 3.23. The Morgan fingerprint density at radius 1 is 1.21 bits per heavy atom. The molecule has 3 atom stereocenters. The summed E-state index contributed by atoms with van der Waals surface area (Å²) < 4.78 is 1.94. The smallest absolute Gasteiger partial charge is 0.251 e. The average molecular weight is 391 g/mol. The number of fused-ring (bicyclic) bond motifs is 3. The van der Waals surface area contributed by atoms with E-state index in [2.05, 4.69) is 30.2 Å². The van der Waals surface area contributed by atoms with Crippen LogP contribution < -0.4 is 10.2 Å². The Kier molecular flexibility index (Phi) is 4.41. The summed E-state index contributed by atoms with van der Waals surface area (Å²) in [5.41, 5.74) is 3.37. The number of anilines is 1. The van der Waals surface area contributed by atoms with Crippen LogP contribution in [0.2, 0.25) is 0 Å². The van der Waals surface area contributed by atoms with E-state index in [1.54, 1.807) is 31.1 Å². The van der Waals surface area contributed by atoms with Crippen LogP contribution >= 0.6 is 0 Å². The van der Waals surface area contributed by atoms with E-state index in [1.807, 2.05) is 18.5 Å². The standard InChI is InChI=1S/C21H25N7O/c1-13-9-22-6-5-17(13)21(29)23-10-14-7-15-3-4-16(8-14)28(15)20-18-19(24-11-25-20)27(2)12-26-18/h5-6,9,11-12,14-16H,3-4,7-8,10H2,1-2H3,(H,23,29)/t14?,15-,16+. The van der Waals surface area contributed by atoms with Gasteiger partial charge in [0, 0.05) is 43.6 Å². The number of carbonyl (C=O) groups excluding carboxylic acids is 1. The van der Waals surface area contributed by atoms with Crippen molar-refractivity contribution in [2.75, 3.05) is 11.4 Å². The van der Waals surface area contributed by atoms with Gasteiger partial charge in [0.05, 0.1) is 6.33 Å². The number of amides is 1. The van der Waals surface area contributed by atoms with Gasteiger partial charge in [-0.1, -0.05) is 0 Å². The SMILES string of the molecule is Cc1cnccc1C(=O)NCC1C[C@H]2CC[C@@H](C1)N2c1ncnc2c1ncn2C. The topological polar surface area (TPSA) is 88.8 Å². The minimum Gasteiger partial charge on any atom is -0.352 e. The first kappa shape index (κ1) is 18.0. The molecule has 2 fully saturated rings. The van der Waals surface area contributed by atoms with Gasteiger partial charge in [-0.15, -0.1) is 0 Å². The summed E-state index contributed by atoms with van der Waals surface area (Å²) in [6.45, 7) is 2.63. The number of hydrogen-bond donors (Lipinski definition) is 1. The van der Waals surface area contributed by atoms with E-state index in [0.29, 0.717) is 30.1 Å². The summed E-state index contributed by atoms with van der Waals surface area (Å²) in [6, 6.07) is 2.67. The van der Waals surface area contributed by atoms with E-state index < -0.39 is 0 Å². The van der Waals surface area contributed by atoms with Crippen LogP contribution in [-0.4, -0.2) is 49.0 Å². The van der Waals surface area contributed by atoms with Gasteiger partial charge in [0.25, 0.3) is 5.91 Å². The third-order valence-electron chi connectivity index (χ3n) is 6.37. The van der Waals surface area contributed by atoms with Gasteiger partial charge < -0.3 is 14.8 Å². The first-order valence-corrected chi connectivity index (χ1v) is 10.2. The zero-order valence-corrected chi connectivity index (χ0v) is 16.7. The van der Waals surface area contributed by atoms with Gasteiger partial charge in [0.15, 0.2) is 17.0 Å². The lowest BCUT2D eigenvalue weighted by Crippen LogP contribution is -2.46. The number of carbonyl (C=O) groups is 1. The fourth-order valence-electron chi connectivity index (χ4n) is 4.98. The quantitative estimate of drug-likeness (QED) is 0.734. The molecule has 0 aliphatic carbocycles. The number of aryl methyl sites for hydroxylation is 2. The van der Waals surface area contributed by atoms with Gasteiger partial charge in [-0.3, -0.25) is 9.78 Å². The van der Waals surface area contributed by atoms with Gasteiger partial charge >= 0.3 is 0 Å². The fraction of sp³-hybridized carbons (Fsp3) is 0.476. The molecule has 1 amide bonds. The monoisotopic (exact) mass is 391 g/mol. The van der Waals surface area contributed by atoms with Crippen molar-refractivity contribution in [3.63, 3.8) is 0 Å². The molecular formula is C21H25N7O. The Labute approximate surface area is 169 Å². The molecule has 0 radical (unpaired) electrons. The van der Waals surface area contributed by atoms with Crippen molar-refractivity contribution in [3.8, 4) is 0 Å². The van der Waals surface area contributed by atoms with E-state index in [-0.39, 0.29) is 5.91 Å². The highest BCUT2D eigenvalue weighted by Crippen LogP contribution is 2.42. The largest absolute Gasteiger partial charge is 0.352 e. The molecule has 2 aliphatic heterocycles. The lowest BCUT2D eigenvalue weighted by Gasteiger charge is -2.39. The number of hydrogen-bond acceptors (Lipinski definition) is 6. The second kappa shape index (κ2) is 7.09. The van der Waals surface area contributed by atoms with Crippen molar-refractivity contribution in [1.29, 1.82) is 0 Å². The summed E-state index contributed by atoms with van der Waals surface area (Å²) in [5, 5.41) is 3.14. The molecule has 5 heterocycles. The third-order valence-corrected chi connectivity index (χ3v) is 6.37. The number of pyridine rings is 1. The number of rotatable bonds is 4. The van der Waals surface area contributed by atoms with Crippen molar-refractivity contribution >= 4 is 22.9 Å². The van der Waals surface area contributed by atoms with Crippen molar-refractivity contribution in [2.45, 2.75) is 44.7 Å². The van der Waals surface area contributed by atoms with Gasteiger partial charge in [-0.25, -0.2) is 15.0 Å². The third kappa shape index (κ3) is 3.12. The van der Waals surface area contributed by atoms with Crippen LogP contribution in [0.25, 0.3) is 11.2 Å². The summed E-state index contributed by atoms with van der Waals surface area (Å²) >= 11 is 0. The number of nitrogens with zero attached hydrogens (tertiary/aromatic N) is 6. The molecule has 1 unspecified atom stereocenters. The van der Waals surface area contributed by atoms with E-state index >= 15 is 0 Å². The van der Waals surface area contributed by atoms with Crippen LogP contribution in [0.4, 0.5) is 5.82 Å². The van der Waals surface area contributed by atoms with E-state index in [9.17, 15) is 4.79 Å². The number of aromatic nitrogens is 5. The van der Waals surface area contributed by atoms with Crippen LogP contribution in [-0.2, 0) is 7.05 Å². The number of imidazole rings is 1. The van der Waals surface area contributed by atoms with Gasteiger partial charge in [0.1, 0.15) is 6.33 Å². The molecule has 29 heavy (non-hydrogen) atoms. The Balaban J connectivity index is 1.29. The van der Waals surface area contributed by atoms with E-state index in [0.717, 1.165) is 48.2 Å². The van der Waals surface area contributed by atoms with Crippen molar-refractivity contribution in [3.05, 3.63) is 42.2 Å². The predicted molar refractivity (Wildman–Crippen MR) is 110 cm³/mol. The lowest BCUT2D eigenvalue weighted by molar-refractivity contribution is 0.0942. The summed E-state index contributed by atoms with van der Waals surface area (Å²) in [6.07, 6.45) is 11.3. The van der Waals surface area contributed by atoms with Crippen molar-refractivity contribution < 1.29 is 4.79 Å². The Morgan fingerprint density at radius 2 is 2.00 bits per heavy atom. The normalized spacial score (nSPS) is 23.5. The summed E-state index contributed by atoms with van der Waals surface area (Å²) in [5.74, 6) is 1.43. The molecule has 3 aromatic rings. The maximum atomic E-state index is 12.5. The van der Waals surface area contributed by atoms with Crippen LogP contribution in [0.3, 0.4) is 0 Å². The zero-order valence-electron chi connectivity index (χ0n) is 16.7. The highest BCUT2D eigenvalue weighted by Gasteiger charge is 2.42. The highest BCUT2D eigenvalue weighted by molar-refractivity contribution is 5.95. The van der Waals surface area contributed by atoms with Crippen LogP contribution in [0.15, 0.2) is 31.1 Å². The maximum absolute atomic E-state index is 12.5. The fourth-order valence-corrected chi connectivity index (χ4v) is 4.98. The van der Waals surface area contributed by atoms with Gasteiger partial charge in [0.2, 0.25) is 0 Å². The Morgan fingerprint density at radius 3 is 2.76 bits per heavy atom. The van der Waals surface area contributed by atoms with E-state index in [1.165, 1.54) is 0 Å². The van der Waals surface area contributed by atoms with Crippen LogP contribution in [0.1, 0.15) is 41.6 Å². The van der Waals surface area contributed by atoms with Gasteiger partial charge in [-0.05, 0) is 50.2 Å². The molecule has 0 saturated carbocycles. The molecular weight excluding hydrogens is 366 g/mol. The molecule has 150 valence electrons. The molecule has 0 aromatic carbocycles. The molecule has 0 spiro atoms. The molecule has 8 heteroatoms. The van der Waals surface area contributed by atoms with E-state index in [4.69, 9.17) is 0 Å². The maximum Gasteiger partial charge on any atom is 0.251 e. The molecule has 2 bridgehead atoms. The molecule has 3 aromatic heterocycles. The molecule has 1 N–H and O–H groups in total. The van der Waals surface area contributed by atoms with Gasteiger partial charge in [-0.2, -0.15) is 0 Å². The van der Waals surface area contributed by atoms with Crippen LogP contribution in [0.5, 0.6) is 0 Å². The first-order chi connectivity index (χ1) is 14.1. The zero-order chi connectivity index (χ0) is 20.0. The number of piperidine rings is 1. The first-order valence-electron chi connectivity index (χ1n) is 10.2. The summed E-state index contributed by atoms with van der Waals surface area (Å²) in [4.78, 5) is 32.6. The van der Waals surface area contributed by atoms with Crippen LogP contribution in [0, 0.1) is 12.8 Å². The number of nitrogens with one attached hydrogen (secondary N) is 1. The highest BCUT2D eigenvalue weighted by atomic mass is 16.1. The Bertz CT molecular complexity index is 1050. The van der Waals surface area contributed by atoms with Crippen molar-refractivity contribution in [1.82, 2.24) is 29.8 Å². The molecule has 2 aliphatic rings. The minimum absolute atomic E-state index is 0.00864. The second-order valence-electron chi connectivity index (χ2n) is 8.26. The minimum atomic E-state index is -0.00864. The van der Waals surface area contributed by atoms with Crippen molar-refractivity contribution in [2.24, 2.45) is 13.0 Å². The predicted octanol–water partition coefficient (Wildman–Crippen LogP) is 2.24. The second-order valence-corrected chi connectivity index (χ2v) is 8.26. The summed E-state index contributed by atoms with van der Waals surface area (Å²) in [7, 11) is 1.96. The molecule has 8 nitrogen and oxygen atoms in total. The lowest BCUT2D eigenvalue weighted by atomic mass is 9.90. The molecule has 5 rings (SSSR count). The molecule has 2 saturated heterocycles.